The number of alkyl halides is 3. The number of hydrogen-bond donors (Lipinski definition) is 0. The lowest BCUT2D eigenvalue weighted by atomic mass is 9.93. The van der Waals surface area contributed by atoms with Crippen LogP contribution in [0.3, 0.4) is 0 Å². The molecule has 0 N–H and O–H groups in total. The number of carbonyl (C=O) groups excluding carboxylic acids is 1. The fourth-order valence-corrected chi connectivity index (χ4v) is 2.61. The summed E-state index contributed by atoms with van der Waals surface area (Å²) in [4.78, 5) is 25.7. The van der Waals surface area contributed by atoms with Gasteiger partial charge in [-0.1, -0.05) is 5.16 Å². The standard InChI is InChI=1S/C16H16F3NO6/c1-10(21)24-25-14-6-11(2-3-13(14)23-9-16(17,18)19)12-7-15(26-20-12)4-5-22-8-15/h2-3,6H,4-5,7-9H2,1H3. The first-order valence-electron chi connectivity index (χ1n) is 7.78. The van der Waals surface area contributed by atoms with E-state index in [0.29, 0.717) is 37.3 Å². The average molecular weight is 375 g/mol. The van der Waals surface area contributed by atoms with E-state index in [1.165, 1.54) is 18.2 Å². The maximum absolute atomic E-state index is 12.4. The normalized spacial score (nSPS) is 22.1. The van der Waals surface area contributed by atoms with Crippen molar-refractivity contribution in [1.82, 2.24) is 0 Å². The molecule has 0 aliphatic carbocycles. The third-order valence-corrected chi connectivity index (χ3v) is 3.82. The smallest absolute Gasteiger partial charge is 0.422 e. The Morgan fingerprint density at radius 2 is 2.15 bits per heavy atom. The van der Waals surface area contributed by atoms with Gasteiger partial charge in [-0.05, 0) is 18.2 Å². The van der Waals surface area contributed by atoms with Gasteiger partial charge in [0.25, 0.3) is 0 Å². The summed E-state index contributed by atoms with van der Waals surface area (Å²) < 4.78 is 47.2. The maximum Gasteiger partial charge on any atom is 0.422 e. The van der Waals surface area contributed by atoms with Crippen LogP contribution >= 0.6 is 0 Å². The van der Waals surface area contributed by atoms with Crippen molar-refractivity contribution < 1.29 is 42.1 Å². The van der Waals surface area contributed by atoms with Crippen LogP contribution in [0.2, 0.25) is 0 Å². The monoisotopic (exact) mass is 375 g/mol. The highest BCUT2D eigenvalue weighted by atomic mass is 19.4. The van der Waals surface area contributed by atoms with Crippen LogP contribution in [-0.2, 0) is 19.3 Å². The van der Waals surface area contributed by atoms with Crippen molar-refractivity contribution in [2.45, 2.75) is 31.5 Å². The van der Waals surface area contributed by atoms with Crippen molar-refractivity contribution >= 4 is 11.7 Å². The minimum Gasteiger partial charge on any atom is -0.480 e. The van der Waals surface area contributed by atoms with Gasteiger partial charge < -0.3 is 14.3 Å². The Hall–Kier alpha value is -2.49. The molecule has 1 unspecified atom stereocenters. The second-order valence-corrected chi connectivity index (χ2v) is 6.02. The average Bonchev–Trinajstić information content (AvgIpc) is 3.21. The molecule has 3 rings (SSSR count). The molecule has 26 heavy (non-hydrogen) atoms. The van der Waals surface area contributed by atoms with E-state index in [4.69, 9.17) is 19.2 Å². The number of hydrogen-bond acceptors (Lipinski definition) is 7. The Labute approximate surface area is 146 Å². The van der Waals surface area contributed by atoms with E-state index < -0.39 is 24.4 Å². The largest absolute Gasteiger partial charge is 0.480 e. The first-order valence-corrected chi connectivity index (χ1v) is 7.78. The van der Waals surface area contributed by atoms with Crippen molar-refractivity contribution in [1.29, 1.82) is 0 Å². The molecule has 1 aromatic carbocycles. The lowest BCUT2D eigenvalue weighted by Gasteiger charge is -2.17. The van der Waals surface area contributed by atoms with Crippen molar-refractivity contribution in [2.24, 2.45) is 5.16 Å². The third kappa shape index (κ3) is 4.37. The van der Waals surface area contributed by atoms with E-state index in [0.717, 1.165) is 6.92 Å². The van der Waals surface area contributed by atoms with Crippen LogP contribution in [0, 0.1) is 0 Å². The fourth-order valence-electron chi connectivity index (χ4n) is 2.61. The molecular weight excluding hydrogens is 359 g/mol. The molecule has 1 aromatic rings. The second-order valence-electron chi connectivity index (χ2n) is 6.02. The zero-order valence-corrected chi connectivity index (χ0v) is 13.8. The van der Waals surface area contributed by atoms with E-state index >= 15 is 0 Å². The highest BCUT2D eigenvalue weighted by Gasteiger charge is 2.43. The Bertz CT molecular complexity index is 712. The maximum atomic E-state index is 12.4. The summed E-state index contributed by atoms with van der Waals surface area (Å²) >= 11 is 0. The highest BCUT2D eigenvalue weighted by Crippen LogP contribution is 2.36. The number of nitrogens with zero attached hydrogens (tertiary/aromatic N) is 1. The van der Waals surface area contributed by atoms with Crippen molar-refractivity contribution in [3.05, 3.63) is 23.8 Å². The van der Waals surface area contributed by atoms with Crippen LogP contribution in [0.1, 0.15) is 25.3 Å². The summed E-state index contributed by atoms with van der Waals surface area (Å²) in [5, 5.41) is 4.05. The molecule has 0 aromatic heterocycles. The third-order valence-electron chi connectivity index (χ3n) is 3.82. The zero-order chi connectivity index (χ0) is 18.8. The molecule has 2 aliphatic heterocycles. The minimum absolute atomic E-state index is 0.173. The topological polar surface area (TPSA) is 75.6 Å². The second kappa shape index (κ2) is 7.02. The van der Waals surface area contributed by atoms with Gasteiger partial charge in [0, 0.05) is 25.3 Å². The molecule has 1 spiro atoms. The summed E-state index contributed by atoms with van der Waals surface area (Å²) in [6, 6.07) is 4.20. The van der Waals surface area contributed by atoms with Crippen LogP contribution in [0.4, 0.5) is 13.2 Å². The Morgan fingerprint density at radius 3 is 2.81 bits per heavy atom. The van der Waals surface area contributed by atoms with Gasteiger partial charge in [-0.2, -0.15) is 13.2 Å². The van der Waals surface area contributed by atoms with Gasteiger partial charge in [0.05, 0.1) is 18.9 Å². The summed E-state index contributed by atoms with van der Waals surface area (Å²) in [6.45, 7) is 0.587. The van der Waals surface area contributed by atoms with Gasteiger partial charge in [-0.3, -0.25) is 9.78 Å². The summed E-state index contributed by atoms with van der Waals surface area (Å²) in [7, 11) is 0. The molecule has 0 amide bonds. The van der Waals surface area contributed by atoms with Crippen LogP contribution in [0.5, 0.6) is 11.5 Å². The lowest BCUT2D eigenvalue weighted by Crippen LogP contribution is -2.29. The predicted molar refractivity (Wildman–Crippen MR) is 80.8 cm³/mol. The number of ether oxygens (including phenoxy) is 2. The molecule has 0 bridgehead atoms. The van der Waals surface area contributed by atoms with Crippen LogP contribution in [0.15, 0.2) is 23.4 Å². The lowest BCUT2D eigenvalue weighted by molar-refractivity contribution is -0.212. The van der Waals surface area contributed by atoms with Gasteiger partial charge in [0.1, 0.15) is 0 Å². The molecule has 0 saturated carbocycles. The molecule has 0 radical (unpaired) electrons. The first-order chi connectivity index (χ1) is 12.3. The molecule has 142 valence electrons. The SMILES string of the molecule is CC(=O)OOc1cc(C2=NOC3(CCOC3)C2)ccc1OCC(F)(F)F. The summed E-state index contributed by atoms with van der Waals surface area (Å²) in [5.74, 6) is -1.15. The number of oxime groups is 1. The summed E-state index contributed by atoms with van der Waals surface area (Å²) in [6.07, 6.45) is -3.33. The number of benzene rings is 1. The van der Waals surface area contributed by atoms with Gasteiger partial charge in [-0.15, -0.1) is 0 Å². The minimum atomic E-state index is -4.52. The Kier molecular flexibility index (Phi) is 4.94. The molecule has 7 nitrogen and oxygen atoms in total. The zero-order valence-electron chi connectivity index (χ0n) is 13.8. The van der Waals surface area contributed by atoms with Gasteiger partial charge in [-0.25, -0.2) is 4.79 Å². The van der Waals surface area contributed by atoms with E-state index in [2.05, 4.69) is 10.0 Å². The van der Waals surface area contributed by atoms with E-state index in [-0.39, 0.29) is 11.5 Å². The predicted octanol–water partition coefficient (Wildman–Crippen LogP) is 2.77. The molecule has 2 heterocycles. The molecule has 2 aliphatic rings. The molecule has 1 atom stereocenters. The van der Waals surface area contributed by atoms with Crippen LogP contribution in [0.25, 0.3) is 0 Å². The number of carbonyl (C=O) groups is 1. The first kappa shape index (κ1) is 18.3. The van der Waals surface area contributed by atoms with Gasteiger partial charge in [0.15, 0.2) is 18.0 Å². The quantitative estimate of drug-likeness (QED) is 0.582. The van der Waals surface area contributed by atoms with Crippen molar-refractivity contribution in [2.75, 3.05) is 19.8 Å². The Morgan fingerprint density at radius 1 is 1.35 bits per heavy atom. The number of halogens is 3. The van der Waals surface area contributed by atoms with E-state index in [9.17, 15) is 18.0 Å². The van der Waals surface area contributed by atoms with E-state index in [1.807, 2.05) is 0 Å². The van der Waals surface area contributed by atoms with Gasteiger partial charge >= 0.3 is 12.1 Å². The molecule has 1 saturated heterocycles. The van der Waals surface area contributed by atoms with Crippen molar-refractivity contribution in [3.63, 3.8) is 0 Å². The fraction of sp³-hybridized carbons (Fsp3) is 0.500. The number of rotatable bonds is 5. The van der Waals surface area contributed by atoms with Crippen LogP contribution in [-0.4, -0.2) is 43.3 Å². The molecule has 10 heteroatoms. The van der Waals surface area contributed by atoms with E-state index in [1.54, 1.807) is 0 Å². The molecule has 1 fully saturated rings. The molecular formula is C16H16F3NO6. The van der Waals surface area contributed by atoms with Crippen LogP contribution < -0.4 is 9.62 Å². The highest BCUT2D eigenvalue weighted by molar-refractivity contribution is 6.02. The van der Waals surface area contributed by atoms with Gasteiger partial charge in [0.2, 0.25) is 5.75 Å². The Balaban J connectivity index is 1.78. The van der Waals surface area contributed by atoms with Crippen molar-refractivity contribution in [3.8, 4) is 11.5 Å². The summed E-state index contributed by atoms with van der Waals surface area (Å²) in [5.41, 5.74) is 0.637.